The Morgan fingerprint density at radius 3 is 2.90 bits per heavy atom. The van der Waals surface area contributed by atoms with Crippen LogP contribution < -0.4 is 19.5 Å². The summed E-state index contributed by atoms with van der Waals surface area (Å²) >= 11 is 0. The summed E-state index contributed by atoms with van der Waals surface area (Å²) in [4.78, 5) is 0. The third kappa shape index (κ3) is 2.31. The standard InChI is InChI=1S/C15H19N3O3/c1-16-13(14-12(19-3)9-17-18(14)2)10-5-4-6-11-15(10)21-8-7-20-11/h4-6,9,13,16H,7-8H2,1-3H3. The van der Waals surface area contributed by atoms with Crippen LogP contribution in [-0.4, -0.2) is 37.2 Å². The Kier molecular flexibility index (Phi) is 3.70. The Bertz CT molecular complexity index is 639. The molecule has 2 aromatic rings. The predicted octanol–water partition coefficient (Wildman–Crippen LogP) is 1.51. The van der Waals surface area contributed by atoms with Crippen LogP contribution in [0, 0.1) is 0 Å². The Hall–Kier alpha value is -2.21. The second-order valence-electron chi connectivity index (χ2n) is 4.81. The zero-order chi connectivity index (χ0) is 14.8. The number of methoxy groups -OCH3 is 1. The van der Waals surface area contributed by atoms with Gasteiger partial charge in [0, 0.05) is 12.6 Å². The minimum absolute atomic E-state index is 0.0934. The van der Waals surface area contributed by atoms with Crippen LogP contribution in [0.4, 0.5) is 0 Å². The van der Waals surface area contributed by atoms with Crippen molar-refractivity contribution in [1.29, 1.82) is 0 Å². The van der Waals surface area contributed by atoms with Crippen molar-refractivity contribution in [3.63, 3.8) is 0 Å². The van der Waals surface area contributed by atoms with Crippen molar-refractivity contribution in [2.24, 2.45) is 7.05 Å². The Morgan fingerprint density at radius 2 is 2.14 bits per heavy atom. The van der Waals surface area contributed by atoms with Crippen LogP contribution in [0.25, 0.3) is 0 Å². The highest BCUT2D eigenvalue weighted by Crippen LogP contribution is 2.40. The maximum Gasteiger partial charge on any atom is 0.166 e. The number of ether oxygens (including phenoxy) is 3. The summed E-state index contributed by atoms with van der Waals surface area (Å²) in [6.45, 7) is 1.14. The number of hydrogen-bond donors (Lipinski definition) is 1. The second kappa shape index (κ2) is 5.65. The van der Waals surface area contributed by atoms with Crippen molar-refractivity contribution in [1.82, 2.24) is 15.1 Å². The van der Waals surface area contributed by atoms with Crippen LogP contribution in [0.1, 0.15) is 17.3 Å². The molecule has 1 N–H and O–H groups in total. The van der Waals surface area contributed by atoms with Crippen LogP contribution in [0.2, 0.25) is 0 Å². The molecule has 0 fully saturated rings. The first-order valence-electron chi connectivity index (χ1n) is 6.88. The molecule has 0 radical (unpaired) electrons. The summed E-state index contributed by atoms with van der Waals surface area (Å²) in [6, 6.07) is 5.83. The van der Waals surface area contributed by atoms with Crippen LogP contribution in [0.3, 0.4) is 0 Å². The van der Waals surface area contributed by atoms with Crippen LogP contribution in [0.5, 0.6) is 17.2 Å². The van der Waals surface area contributed by atoms with Crippen molar-refractivity contribution < 1.29 is 14.2 Å². The number of aromatic nitrogens is 2. The number of rotatable bonds is 4. The van der Waals surface area contributed by atoms with Gasteiger partial charge in [-0.15, -0.1) is 0 Å². The summed E-state index contributed by atoms with van der Waals surface area (Å²) in [7, 11) is 5.45. The molecule has 3 rings (SSSR count). The molecule has 1 aliphatic rings. The number of fused-ring (bicyclic) bond motifs is 1. The minimum atomic E-state index is -0.0934. The van der Waals surface area contributed by atoms with Gasteiger partial charge in [0.05, 0.1) is 19.3 Å². The third-order valence-electron chi connectivity index (χ3n) is 3.64. The summed E-state index contributed by atoms with van der Waals surface area (Å²) < 4.78 is 18.7. The van der Waals surface area contributed by atoms with E-state index in [1.165, 1.54) is 0 Å². The van der Waals surface area contributed by atoms with E-state index in [9.17, 15) is 0 Å². The lowest BCUT2D eigenvalue weighted by Crippen LogP contribution is -2.24. The van der Waals surface area contributed by atoms with E-state index in [-0.39, 0.29) is 6.04 Å². The van der Waals surface area contributed by atoms with E-state index in [1.54, 1.807) is 13.3 Å². The fourth-order valence-corrected chi connectivity index (χ4v) is 2.68. The van der Waals surface area contributed by atoms with E-state index in [0.717, 1.165) is 28.5 Å². The number of para-hydroxylation sites is 1. The average Bonchev–Trinajstić information content (AvgIpc) is 2.90. The van der Waals surface area contributed by atoms with Gasteiger partial charge < -0.3 is 19.5 Å². The first kappa shape index (κ1) is 13.8. The van der Waals surface area contributed by atoms with E-state index in [4.69, 9.17) is 14.2 Å². The van der Waals surface area contributed by atoms with Gasteiger partial charge in [-0.3, -0.25) is 4.68 Å². The van der Waals surface area contributed by atoms with E-state index in [1.807, 2.05) is 37.0 Å². The molecule has 0 saturated heterocycles. The highest BCUT2D eigenvalue weighted by Gasteiger charge is 2.27. The molecule has 0 saturated carbocycles. The molecule has 6 heteroatoms. The lowest BCUT2D eigenvalue weighted by Gasteiger charge is -2.25. The lowest BCUT2D eigenvalue weighted by molar-refractivity contribution is 0.169. The van der Waals surface area contributed by atoms with Crippen LogP contribution in [-0.2, 0) is 7.05 Å². The van der Waals surface area contributed by atoms with Crippen molar-refractivity contribution in [3.05, 3.63) is 35.7 Å². The van der Waals surface area contributed by atoms with E-state index in [2.05, 4.69) is 10.4 Å². The van der Waals surface area contributed by atoms with Gasteiger partial charge in [0.15, 0.2) is 17.2 Å². The molecule has 21 heavy (non-hydrogen) atoms. The largest absolute Gasteiger partial charge is 0.493 e. The Balaban J connectivity index is 2.10. The molecule has 6 nitrogen and oxygen atoms in total. The SMILES string of the molecule is CNC(c1cccc2c1OCCO2)c1c(OC)cnn1C. The van der Waals surface area contributed by atoms with E-state index in [0.29, 0.717) is 13.2 Å². The highest BCUT2D eigenvalue weighted by atomic mass is 16.6. The third-order valence-corrected chi connectivity index (χ3v) is 3.64. The maximum absolute atomic E-state index is 5.81. The Morgan fingerprint density at radius 1 is 1.33 bits per heavy atom. The molecule has 0 aliphatic carbocycles. The van der Waals surface area contributed by atoms with Crippen LogP contribution >= 0.6 is 0 Å². The van der Waals surface area contributed by atoms with Crippen molar-refractivity contribution in [3.8, 4) is 17.2 Å². The molecular formula is C15H19N3O3. The molecule has 2 heterocycles. The Labute approximate surface area is 123 Å². The molecule has 1 aromatic heterocycles. The summed E-state index contributed by atoms with van der Waals surface area (Å²) in [5.41, 5.74) is 1.96. The van der Waals surface area contributed by atoms with Crippen molar-refractivity contribution in [2.45, 2.75) is 6.04 Å². The quantitative estimate of drug-likeness (QED) is 0.924. The topological polar surface area (TPSA) is 57.5 Å². The molecule has 1 unspecified atom stereocenters. The smallest absolute Gasteiger partial charge is 0.166 e. The fraction of sp³-hybridized carbons (Fsp3) is 0.400. The zero-order valence-corrected chi connectivity index (χ0v) is 12.4. The monoisotopic (exact) mass is 289 g/mol. The molecular weight excluding hydrogens is 270 g/mol. The molecule has 1 aliphatic heterocycles. The summed E-state index contributed by atoms with van der Waals surface area (Å²) in [5.74, 6) is 2.30. The van der Waals surface area contributed by atoms with Gasteiger partial charge >= 0.3 is 0 Å². The van der Waals surface area contributed by atoms with Crippen molar-refractivity contribution in [2.75, 3.05) is 27.4 Å². The first-order valence-corrected chi connectivity index (χ1v) is 6.88. The van der Waals surface area contributed by atoms with Crippen LogP contribution in [0.15, 0.2) is 24.4 Å². The van der Waals surface area contributed by atoms with Gasteiger partial charge in [0.1, 0.15) is 18.9 Å². The number of hydrogen-bond acceptors (Lipinski definition) is 5. The van der Waals surface area contributed by atoms with Gasteiger partial charge in [-0.1, -0.05) is 12.1 Å². The number of nitrogens with zero attached hydrogens (tertiary/aromatic N) is 2. The second-order valence-corrected chi connectivity index (χ2v) is 4.81. The highest BCUT2D eigenvalue weighted by molar-refractivity contribution is 5.52. The number of aryl methyl sites for hydroxylation is 1. The average molecular weight is 289 g/mol. The molecule has 0 amide bonds. The fourth-order valence-electron chi connectivity index (χ4n) is 2.68. The molecule has 0 spiro atoms. The van der Waals surface area contributed by atoms with Crippen molar-refractivity contribution >= 4 is 0 Å². The number of nitrogens with one attached hydrogen (secondary N) is 1. The predicted molar refractivity (Wildman–Crippen MR) is 78.1 cm³/mol. The van der Waals surface area contributed by atoms with Gasteiger partial charge in [-0.05, 0) is 13.1 Å². The molecule has 112 valence electrons. The van der Waals surface area contributed by atoms with E-state index < -0.39 is 0 Å². The zero-order valence-electron chi connectivity index (χ0n) is 12.4. The van der Waals surface area contributed by atoms with Gasteiger partial charge in [0.2, 0.25) is 0 Å². The number of benzene rings is 1. The van der Waals surface area contributed by atoms with E-state index >= 15 is 0 Å². The maximum atomic E-state index is 5.81. The molecule has 0 bridgehead atoms. The molecule has 1 atom stereocenters. The molecule has 1 aromatic carbocycles. The summed E-state index contributed by atoms with van der Waals surface area (Å²) in [5, 5.41) is 7.58. The van der Waals surface area contributed by atoms with Gasteiger partial charge in [-0.25, -0.2) is 0 Å². The van der Waals surface area contributed by atoms with Gasteiger partial charge in [0.25, 0.3) is 0 Å². The lowest BCUT2D eigenvalue weighted by atomic mass is 10.0. The van der Waals surface area contributed by atoms with Gasteiger partial charge in [-0.2, -0.15) is 5.10 Å². The normalized spacial score (nSPS) is 14.8. The first-order chi connectivity index (χ1) is 10.3. The summed E-state index contributed by atoms with van der Waals surface area (Å²) in [6.07, 6.45) is 1.71. The minimum Gasteiger partial charge on any atom is -0.493 e.